The van der Waals surface area contributed by atoms with E-state index < -0.39 is 0 Å². The standard InChI is InChI=1S/C15H16O.C2H6/c1-2-11-6-8-13(9-7-11)16-15-5-3-4-12-10-14(12)15;1-2/h3-9,12,14H,2,10H2,1H3;1-2H3. The van der Waals surface area contributed by atoms with E-state index in [9.17, 15) is 0 Å². The molecule has 0 radical (unpaired) electrons. The van der Waals surface area contributed by atoms with Crippen LogP contribution in [0.2, 0.25) is 0 Å². The Hall–Kier alpha value is -1.50. The summed E-state index contributed by atoms with van der Waals surface area (Å²) in [6.45, 7) is 6.17. The minimum atomic E-state index is 0.649. The Morgan fingerprint density at radius 3 is 2.56 bits per heavy atom. The van der Waals surface area contributed by atoms with Crippen LogP contribution in [0.4, 0.5) is 0 Å². The molecule has 0 N–H and O–H groups in total. The van der Waals surface area contributed by atoms with Crippen LogP contribution in [0.1, 0.15) is 32.8 Å². The molecule has 1 fully saturated rings. The molecule has 2 aliphatic carbocycles. The Balaban J connectivity index is 0.000000574. The number of rotatable bonds is 3. The molecule has 0 amide bonds. The first-order chi connectivity index (χ1) is 8.86. The van der Waals surface area contributed by atoms with Gasteiger partial charge in [-0.1, -0.05) is 45.1 Å². The molecule has 1 saturated carbocycles. The number of hydrogen-bond donors (Lipinski definition) is 0. The van der Waals surface area contributed by atoms with Crippen LogP contribution in [0, 0.1) is 11.8 Å². The molecule has 1 heteroatoms. The van der Waals surface area contributed by atoms with Crippen LogP contribution in [-0.4, -0.2) is 0 Å². The smallest absolute Gasteiger partial charge is 0.126 e. The van der Waals surface area contributed by atoms with Crippen molar-refractivity contribution in [3.05, 3.63) is 53.8 Å². The van der Waals surface area contributed by atoms with Gasteiger partial charge in [-0.15, -0.1) is 0 Å². The molecule has 0 aromatic heterocycles. The lowest BCUT2D eigenvalue weighted by Gasteiger charge is -2.11. The highest BCUT2D eigenvalue weighted by Crippen LogP contribution is 2.47. The molecular formula is C17H22O. The highest BCUT2D eigenvalue weighted by atomic mass is 16.5. The Bertz CT molecular complexity index is 439. The summed E-state index contributed by atoms with van der Waals surface area (Å²) in [5, 5.41) is 0. The molecule has 1 aromatic carbocycles. The van der Waals surface area contributed by atoms with E-state index in [-0.39, 0.29) is 0 Å². The third-order valence-corrected chi connectivity index (χ3v) is 3.39. The summed E-state index contributed by atoms with van der Waals surface area (Å²) in [6, 6.07) is 8.41. The lowest BCUT2D eigenvalue weighted by Crippen LogP contribution is -2.00. The average molecular weight is 242 g/mol. The van der Waals surface area contributed by atoms with E-state index in [4.69, 9.17) is 4.74 Å². The second-order valence-corrected chi connectivity index (χ2v) is 4.56. The van der Waals surface area contributed by atoms with Gasteiger partial charge in [0.2, 0.25) is 0 Å². The topological polar surface area (TPSA) is 9.23 Å². The summed E-state index contributed by atoms with van der Waals surface area (Å²) in [6.07, 6.45) is 8.83. The van der Waals surface area contributed by atoms with Crippen molar-refractivity contribution in [3.63, 3.8) is 0 Å². The van der Waals surface area contributed by atoms with Crippen LogP contribution < -0.4 is 4.74 Å². The second kappa shape index (κ2) is 5.90. The van der Waals surface area contributed by atoms with Gasteiger partial charge in [-0.3, -0.25) is 0 Å². The Labute approximate surface area is 110 Å². The van der Waals surface area contributed by atoms with Crippen molar-refractivity contribution in [3.8, 4) is 5.75 Å². The zero-order valence-corrected chi connectivity index (χ0v) is 11.5. The highest BCUT2D eigenvalue weighted by molar-refractivity contribution is 5.33. The summed E-state index contributed by atoms with van der Waals surface area (Å²) in [4.78, 5) is 0. The first-order valence-electron chi connectivity index (χ1n) is 7.02. The highest BCUT2D eigenvalue weighted by Gasteiger charge is 2.40. The van der Waals surface area contributed by atoms with Gasteiger partial charge < -0.3 is 4.74 Å². The summed E-state index contributed by atoms with van der Waals surface area (Å²) in [5.41, 5.74) is 1.36. The van der Waals surface area contributed by atoms with E-state index in [1.165, 1.54) is 12.0 Å². The number of allylic oxidation sites excluding steroid dienone is 4. The van der Waals surface area contributed by atoms with Gasteiger partial charge in [-0.05, 0) is 42.5 Å². The van der Waals surface area contributed by atoms with Crippen LogP contribution >= 0.6 is 0 Å². The maximum absolute atomic E-state index is 5.92. The van der Waals surface area contributed by atoms with E-state index in [1.54, 1.807) is 0 Å². The van der Waals surface area contributed by atoms with Gasteiger partial charge in [-0.25, -0.2) is 0 Å². The molecule has 2 aliphatic rings. The van der Waals surface area contributed by atoms with Crippen LogP contribution in [0.25, 0.3) is 0 Å². The van der Waals surface area contributed by atoms with Gasteiger partial charge in [0.1, 0.15) is 11.5 Å². The van der Waals surface area contributed by atoms with Crippen LogP contribution in [0.3, 0.4) is 0 Å². The molecule has 18 heavy (non-hydrogen) atoms. The Kier molecular flexibility index (Phi) is 4.24. The predicted octanol–water partition coefficient (Wildman–Crippen LogP) is 4.74. The lowest BCUT2D eigenvalue weighted by atomic mass is 10.1. The van der Waals surface area contributed by atoms with Crippen LogP contribution in [-0.2, 0) is 6.42 Å². The predicted molar refractivity (Wildman–Crippen MR) is 76.6 cm³/mol. The third-order valence-electron chi connectivity index (χ3n) is 3.39. The van der Waals surface area contributed by atoms with E-state index in [0.717, 1.165) is 23.8 Å². The SMILES string of the molecule is CC.CCc1ccc(OC2=CC=CC3CC23)cc1. The fraction of sp³-hybridized carbons (Fsp3) is 0.412. The zero-order chi connectivity index (χ0) is 13.0. The maximum Gasteiger partial charge on any atom is 0.126 e. The van der Waals surface area contributed by atoms with Gasteiger partial charge in [-0.2, -0.15) is 0 Å². The molecule has 1 nitrogen and oxygen atoms in total. The largest absolute Gasteiger partial charge is 0.461 e. The van der Waals surface area contributed by atoms with Crippen molar-refractivity contribution in [1.29, 1.82) is 0 Å². The second-order valence-electron chi connectivity index (χ2n) is 4.56. The molecule has 0 spiro atoms. The summed E-state index contributed by atoms with van der Waals surface area (Å²) >= 11 is 0. The van der Waals surface area contributed by atoms with Gasteiger partial charge in [0.15, 0.2) is 0 Å². The Morgan fingerprint density at radius 1 is 1.17 bits per heavy atom. The van der Waals surface area contributed by atoms with Gasteiger partial charge in [0.25, 0.3) is 0 Å². The fourth-order valence-corrected chi connectivity index (χ4v) is 2.21. The molecule has 2 atom stereocenters. The van der Waals surface area contributed by atoms with Crippen molar-refractivity contribution >= 4 is 0 Å². The third kappa shape index (κ3) is 2.84. The molecule has 0 heterocycles. The lowest BCUT2D eigenvalue weighted by molar-refractivity contribution is 0.389. The zero-order valence-electron chi connectivity index (χ0n) is 11.5. The van der Waals surface area contributed by atoms with Crippen LogP contribution in [0.5, 0.6) is 5.75 Å². The molecular weight excluding hydrogens is 220 g/mol. The fourth-order valence-electron chi connectivity index (χ4n) is 2.21. The molecule has 96 valence electrons. The van der Waals surface area contributed by atoms with E-state index in [2.05, 4.69) is 49.4 Å². The summed E-state index contributed by atoms with van der Waals surface area (Å²) in [7, 11) is 0. The van der Waals surface area contributed by atoms with E-state index >= 15 is 0 Å². The number of ether oxygens (including phenoxy) is 1. The Morgan fingerprint density at radius 2 is 1.89 bits per heavy atom. The molecule has 3 rings (SSSR count). The summed E-state index contributed by atoms with van der Waals surface area (Å²) in [5.74, 6) is 3.49. The first-order valence-corrected chi connectivity index (χ1v) is 7.02. The van der Waals surface area contributed by atoms with Gasteiger partial charge >= 0.3 is 0 Å². The molecule has 1 aromatic rings. The van der Waals surface area contributed by atoms with Crippen molar-refractivity contribution < 1.29 is 4.74 Å². The molecule has 0 bridgehead atoms. The molecule has 0 aliphatic heterocycles. The van der Waals surface area contributed by atoms with E-state index in [1.807, 2.05) is 13.8 Å². The monoisotopic (exact) mass is 242 g/mol. The molecule has 2 unspecified atom stereocenters. The van der Waals surface area contributed by atoms with Crippen molar-refractivity contribution in [2.45, 2.75) is 33.6 Å². The van der Waals surface area contributed by atoms with Gasteiger partial charge in [0.05, 0.1) is 0 Å². The normalized spacial score (nSPS) is 23.4. The number of aryl methyl sites for hydroxylation is 1. The molecule has 0 saturated heterocycles. The number of hydrogen-bond acceptors (Lipinski definition) is 1. The van der Waals surface area contributed by atoms with Crippen LogP contribution in [0.15, 0.2) is 48.3 Å². The van der Waals surface area contributed by atoms with Gasteiger partial charge in [0, 0.05) is 5.92 Å². The minimum Gasteiger partial charge on any atom is -0.461 e. The maximum atomic E-state index is 5.92. The quantitative estimate of drug-likeness (QED) is 0.743. The number of benzene rings is 1. The minimum absolute atomic E-state index is 0.649. The van der Waals surface area contributed by atoms with Crippen molar-refractivity contribution in [2.75, 3.05) is 0 Å². The first kappa shape index (κ1) is 12.9. The number of fused-ring (bicyclic) bond motifs is 1. The van der Waals surface area contributed by atoms with E-state index in [0.29, 0.717) is 5.92 Å². The van der Waals surface area contributed by atoms with Crippen molar-refractivity contribution in [1.82, 2.24) is 0 Å². The van der Waals surface area contributed by atoms with Crippen molar-refractivity contribution in [2.24, 2.45) is 11.8 Å². The average Bonchev–Trinajstić information content (AvgIpc) is 3.22. The summed E-state index contributed by atoms with van der Waals surface area (Å²) < 4.78 is 5.92.